The van der Waals surface area contributed by atoms with Gasteiger partial charge in [-0.3, -0.25) is 4.57 Å². The number of quaternary nitrogens is 1. The largest absolute Gasteiger partial charge is 0.756 e. The van der Waals surface area contributed by atoms with Crippen molar-refractivity contribution < 1.29 is 32.5 Å². The van der Waals surface area contributed by atoms with Gasteiger partial charge in [0.2, 0.25) is 0 Å². The minimum Gasteiger partial charge on any atom is -0.756 e. The first-order valence-electron chi connectivity index (χ1n) is 21.9. The van der Waals surface area contributed by atoms with Crippen LogP contribution in [0.1, 0.15) is 213 Å². The van der Waals surface area contributed by atoms with Gasteiger partial charge >= 0.3 is 6.09 Å². The first kappa shape index (κ1) is 50.3. The summed E-state index contributed by atoms with van der Waals surface area (Å²) < 4.78 is 28.9. The van der Waals surface area contributed by atoms with Gasteiger partial charge in [0, 0.05) is 6.54 Å². The fraction of sp³-hybridized carbons (Fsp3) is 0.976. The van der Waals surface area contributed by atoms with Gasteiger partial charge in [0.1, 0.15) is 19.3 Å². The first-order valence-corrected chi connectivity index (χ1v) is 23.4. The molecule has 1 amide bonds. The van der Waals surface area contributed by atoms with E-state index in [-0.39, 0.29) is 13.2 Å². The Hall–Kier alpha value is -0.660. The summed E-state index contributed by atoms with van der Waals surface area (Å²) in [5, 5.41) is 2.86. The van der Waals surface area contributed by atoms with Gasteiger partial charge in [-0.15, -0.1) is 0 Å². The lowest BCUT2D eigenvalue weighted by Gasteiger charge is -2.28. The lowest BCUT2D eigenvalue weighted by molar-refractivity contribution is -0.870. The highest BCUT2D eigenvalue weighted by molar-refractivity contribution is 7.45. The van der Waals surface area contributed by atoms with Crippen molar-refractivity contribution in [2.24, 2.45) is 0 Å². The van der Waals surface area contributed by atoms with E-state index in [1.165, 1.54) is 161 Å². The highest BCUT2D eigenvalue weighted by atomic mass is 31.2. The van der Waals surface area contributed by atoms with Crippen molar-refractivity contribution in [1.29, 1.82) is 0 Å². The number of alkyl carbamates (subject to hydrolysis) is 1. The average molecular weight is 747 g/mol. The van der Waals surface area contributed by atoms with Crippen molar-refractivity contribution in [1.82, 2.24) is 5.32 Å². The maximum atomic E-state index is 12.6. The quantitative estimate of drug-likeness (QED) is 0.0381. The molecule has 0 saturated carbocycles. The molecule has 0 aliphatic heterocycles. The Bertz CT molecular complexity index is 794. The summed E-state index contributed by atoms with van der Waals surface area (Å²) in [4.78, 5) is 25.0. The number of phosphoric ester groups is 1. The van der Waals surface area contributed by atoms with Crippen LogP contribution in [0.2, 0.25) is 0 Å². The van der Waals surface area contributed by atoms with Crippen LogP contribution < -0.4 is 10.2 Å². The van der Waals surface area contributed by atoms with E-state index in [1.807, 2.05) is 21.1 Å². The van der Waals surface area contributed by atoms with Gasteiger partial charge < -0.3 is 28.5 Å². The predicted octanol–water partition coefficient (Wildman–Crippen LogP) is 12.4. The minimum atomic E-state index is -4.48. The molecule has 1 N–H and O–H groups in total. The standard InChI is InChI=1S/C42H87N2O6P/c1-6-8-10-12-14-16-18-20-22-23-24-26-28-30-32-34-36-41(40-49-51(46,47)48-39-38-44(3,4)5)50-42(45)43-37-35-33-31-29-27-25-21-19-17-15-13-11-9-7-2/h41H,6-40H2,1-5H3,(H-,43,45,46,47). The molecule has 51 heavy (non-hydrogen) atoms. The van der Waals surface area contributed by atoms with Crippen LogP contribution in [0.5, 0.6) is 0 Å². The molecule has 0 heterocycles. The fourth-order valence-corrected chi connectivity index (χ4v) is 7.17. The number of unbranched alkanes of at least 4 members (excludes halogenated alkanes) is 28. The van der Waals surface area contributed by atoms with Crippen LogP contribution in [0.4, 0.5) is 4.79 Å². The van der Waals surface area contributed by atoms with Gasteiger partial charge in [-0.1, -0.05) is 194 Å². The molecule has 0 saturated heterocycles. The topological polar surface area (TPSA) is 96.9 Å². The number of amides is 1. The molecule has 0 aliphatic carbocycles. The number of carbonyl (C=O) groups excluding carboxylic acids is 1. The van der Waals surface area contributed by atoms with E-state index in [9.17, 15) is 14.3 Å². The Morgan fingerprint density at radius 2 is 0.922 bits per heavy atom. The lowest BCUT2D eigenvalue weighted by atomic mass is 10.0. The molecule has 8 nitrogen and oxygen atoms in total. The molecule has 0 radical (unpaired) electrons. The summed E-state index contributed by atoms with van der Waals surface area (Å²) in [7, 11) is 1.44. The molecule has 0 fully saturated rings. The van der Waals surface area contributed by atoms with Crippen molar-refractivity contribution in [2.45, 2.75) is 219 Å². The van der Waals surface area contributed by atoms with E-state index in [4.69, 9.17) is 13.8 Å². The molecule has 0 aromatic carbocycles. The van der Waals surface area contributed by atoms with E-state index in [1.54, 1.807) is 0 Å². The monoisotopic (exact) mass is 747 g/mol. The zero-order chi connectivity index (χ0) is 37.7. The van der Waals surface area contributed by atoms with Crippen LogP contribution in [0.25, 0.3) is 0 Å². The van der Waals surface area contributed by atoms with Gasteiger partial charge in [-0.05, 0) is 19.3 Å². The first-order chi connectivity index (χ1) is 24.6. The number of rotatable bonds is 40. The van der Waals surface area contributed by atoms with E-state index < -0.39 is 20.0 Å². The Balaban J connectivity index is 4.20. The Morgan fingerprint density at radius 1 is 0.569 bits per heavy atom. The third kappa shape index (κ3) is 40.4. The second-order valence-corrected chi connectivity index (χ2v) is 17.6. The summed E-state index contributed by atoms with van der Waals surface area (Å²) in [6, 6.07) is 0. The van der Waals surface area contributed by atoms with Crippen molar-refractivity contribution in [3.05, 3.63) is 0 Å². The molecule has 2 unspecified atom stereocenters. The SMILES string of the molecule is CCCCCCCCCCCCCCCCCCC(COP(=O)([O-])OCC[N+](C)(C)C)OC(=O)NCCCCCCCCCCCCCCCC. The van der Waals surface area contributed by atoms with Crippen LogP contribution in [0.15, 0.2) is 0 Å². The van der Waals surface area contributed by atoms with Crippen LogP contribution >= 0.6 is 7.82 Å². The Labute approximate surface area is 317 Å². The predicted molar refractivity (Wildman–Crippen MR) is 215 cm³/mol. The number of nitrogens with one attached hydrogen (secondary N) is 1. The molecular formula is C42H87N2O6P. The number of ether oxygens (including phenoxy) is 1. The maximum absolute atomic E-state index is 12.6. The number of nitrogens with zero attached hydrogens (tertiary/aromatic N) is 1. The van der Waals surface area contributed by atoms with Gasteiger partial charge in [-0.25, -0.2) is 4.79 Å². The van der Waals surface area contributed by atoms with Gasteiger partial charge in [0.25, 0.3) is 7.82 Å². The van der Waals surface area contributed by atoms with Crippen LogP contribution in [0, 0.1) is 0 Å². The molecule has 0 rings (SSSR count). The van der Waals surface area contributed by atoms with Crippen molar-refractivity contribution in [2.75, 3.05) is 47.4 Å². The third-order valence-electron chi connectivity index (χ3n) is 9.88. The highest BCUT2D eigenvalue weighted by Gasteiger charge is 2.20. The average Bonchev–Trinajstić information content (AvgIpc) is 3.08. The Kier molecular flexibility index (Phi) is 35.9. The number of carbonyl (C=O) groups is 1. The normalized spacial score (nSPS) is 13.7. The van der Waals surface area contributed by atoms with Crippen LogP contribution in [0.3, 0.4) is 0 Å². The molecule has 0 aromatic heterocycles. The Morgan fingerprint density at radius 3 is 1.29 bits per heavy atom. The summed E-state index contributed by atoms with van der Waals surface area (Å²) >= 11 is 0. The molecule has 2 atom stereocenters. The highest BCUT2D eigenvalue weighted by Crippen LogP contribution is 2.38. The second-order valence-electron chi connectivity index (χ2n) is 16.2. The summed E-state index contributed by atoms with van der Waals surface area (Å²) in [5.41, 5.74) is 0. The zero-order valence-electron chi connectivity index (χ0n) is 34.7. The molecular weight excluding hydrogens is 659 g/mol. The molecule has 0 aromatic rings. The summed E-state index contributed by atoms with van der Waals surface area (Å²) in [6.45, 7) is 5.48. The molecule has 0 spiro atoms. The van der Waals surface area contributed by atoms with Crippen LogP contribution in [-0.4, -0.2) is 64.1 Å². The van der Waals surface area contributed by atoms with E-state index in [2.05, 4.69) is 19.2 Å². The lowest BCUT2D eigenvalue weighted by Crippen LogP contribution is -2.37. The number of hydrogen-bond acceptors (Lipinski definition) is 6. The number of phosphoric acid groups is 1. The van der Waals surface area contributed by atoms with Gasteiger partial charge in [0.05, 0.1) is 27.7 Å². The van der Waals surface area contributed by atoms with Crippen molar-refractivity contribution >= 4 is 13.9 Å². The summed E-state index contributed by atoms with van der Waals surface area (Å²) in [6.07, 6.45) is 38.2. The third-order valence-corrected chi connectivity index (χ3v) is 10.8. The minimum absolute atomic E-state index is 0.0502. The number of hydrogen-bond donors (Lipinski definition) is 1. The molecule has 306 valence electrons. The zero-order valence-corrected chi connectivity index (χ0v) is 35.6. The van der Waals surface area contributed by atoms with Crippen LogP contribution in [-0.2, 0) is 18.3 Å². The molecule has 9 heteroatoms. The smallest absolute Gasteiger partial charge is 0.407 e. The summed E-state index contributed by atoms with van der Waals surface area (Å²) in [5.74, 6) is 0. The van der Waals surface area contributed by atoms with Gasteiger partial charge in [0.15, 0.2) is 0 Å². The fourth-order valence-electron chi connectivity index (χ4n) is 6.44. The second kappa shape index (κ2) is 36.3. The molecule has 0 aliphatic rings. The van der Waals surface area contributed by atoms with E-state index in [0.717, 1.165) is 32.1 Å². The van der Waals surface area contributed by atoms with Crippen molar-refractivity contribution in [3.63, 3.8) is 0 Å². The molecule has 0 bridgehead atoms. The number of likely N-dealkylation sites (N-methyl/N-ethyl adjacent to an activating group) is 1. The van der Waals surface area contributed by atoms with E-state index in [0.29, 0.717) is 24.0 Å². The van der Waals surface area contributed by atoms with Gasteiger partial charge in [-0.2, -0.15) is 0 Å². The van der Waals surface area contributed by atoms with Crippen molar-refractivity contribution in [3.8, 4) is 0 Å². The van der Waals surface area contributed by atoms with E-state index >= 15 is 0 Å². The maximum Gasteiger partial charge on any atom is 0.407 e.